The van der Waals surface area contributed by atoms with E-state index in [0.29, 0.717) is 65.2 Å². The van der Waals surface area contributed by atoms with E-state index in [1.54, 1.807) is 26.0 Å². The van der Waals surface area contributed by atoms with E-state index in [2.05, 4.69) is 43.1 Å². The molecule has 6 heterocycles. The van der Waals surface area contributed by atoms with Gasteiger partial charge >= 0.3 is 12.4 Å². The minimum atomic E-state index is -4.93. The molecule has 6 amide bonds. The van der Waals surface area contributed by atoms with Gasteiger partial charge in [-0.2, -0.15) is 35.0 Å². The number of aliphatic imine (C=N–C) groups is 2. The van der Waals surface area contributed by atoms with E-state index in [1.165, 1.54) is 15.3 Å². The summed E-state index contributed by atoms with van der Waals surface area (Å²) in [5.41, 5.74) is -0.608. The van der Waals surface area contributed by atoms with Crippen LogP contribution >= 0.6 is 15.9 Å². The first kappa shape index (κ1) is 63.7. The van der Waals surface area contributed by atoms with Crippen LogP contribution < -0.4 is 20.4 Å². The number of imide groups is 2. The highest BCUT2D eigenvalue weighted by atomic mass is 79.9. The van der Waals surface area contributed by atoms with Gasteiger partial charge in [0.15, 0.2) is 0 Å². The minimum absolute atomic E-state index is 0.00658. The molecule has 0 atom stereocenters. The van der Waals surface area contributed by atoms with Gasteiger partial charge in [0.05, 0.1) is 22.5 Å². The summed E-state index contributed by atoms with van der Waals surface area (Å²) in [5.74, 6) is -4.97. The van der Waals surface area contributed by atoms with Crippen LogP contribution in [0.15, 0.2) is 92.5 Å². The number of sulfonamides is 2. The van der Waals surface area contributed by atoms with Crippen LogP contribution in [0.3, 0.4) is 0 Å². The van der Waals surface area contributed by atoms with Crippen LogP contribution in [-0.4, -0.2) is 110 Å². The molecule has 4 aromatic carbocycles. The van der Waals surface area contributed by atoms with Crippen molar-refractivity contribution in [1.29, 1.82) is 0 Å². The second-order valence-electron chi connectivity index (χ2n) is 20.8. The molecule has 0 radical (unpaired) electrons. The number of nitrogens with one attached hydrogen (secondary N) is 2. The summed E-state index contributed by atoms with van der Waals surface area (Å²) in [7, 11) is -7.55. The first-order chi connectivity index (χ1) is 39.6. The van der Waals surface area contributed by atoms with Gasteiger partial charge in [0.1, 0.15) is 34.4 Å². The topological polar surface area (TPSA) is 232 Å². The fourth-order valence-corrected chi connectivity index (χ4v) is 12.8. The summed E-state index contributed by atoms with van der Waals surface area (Å²) in [4.78, 5) is 83.6. The lowest BCUT2D eigenvalue weighted by Gasteiger charge is -2.34. The number of halogens is 9. The molecule has 0 aliphatic carbocycles. The quantitative estimate of drug-likeness (QED) is 0.120. The molecule has 4 fully saturated rings. The van der Waals surface area contributed by atoms with E-state index in [1.807, 2.05) is 26.0 Å². The Labute approximate surface area is 490 Å². The van der Waals surface area contributed by atoms with Gasteiger partial charge in [-0.05, 0) is 148 Å². The van der Waals surface area contributed by atoms with Gasteiger partial charge in [0.2, 0.25) is 43.7 Å². The van der Waals surface area contributed by atoms with Crippen molar-refractivity contribution in [2.75, 3.05) is 36.0 Å². The molecule has 0 aromatic heterocycles. The van der Waals surface area contributed by atoms with Gasteiger partial charge in [-0.15, -0.1) is 0 Å². The minimum Gasteiger partial charge on any atom is -0.308 e. The van der Waals surface area contributed by atoms with Crippen LogP contribution in [0.4, 0.5) is 46.5 Å². The molecular weight excluding hydrogens is 1240 g/mol. The molecular formula is C56H53BrF8N8O10S2. The molecule has 4 aromatic rings. The zero-order chi connectivity index (χ0) is 62.5. The van der Waals surface area contributed by atoms with Crippen LogP contribution in [0.1, 0.15) is 101 Å². The van der Waals surface area contributed by atoms with E-state index >= 15 is 0 Å². The van der Waals surface area contributed by atoms with Crippen molar-refractivity contribution in [3.8, 4) is 0 Å². The maximum Gasteiger partial charge on any atom is 0.419 e. The third kappa shape index (κ3) is 13.2. The number of amides is 6. The number of aryl methyl sites for hydroxylation is 4. The number of benzene rings is 4. The molecule has 4 saturated heterocycles. The molecule has 29 heteroatoms. The molecule has 10 rings (SSSR count). The van der Waals surface area contributed by atoms with Gasteiger partial charge in [-0.1, -0.05) is 22.5 Å². The molecule has 6 aliphatic heterocycles. The largest absolute Gasteiger partial charge is 0.419 e. The first-order valence-corrected chi connectivity index (χ1v) is 29.9. The molecule has 18 nitrogen and oxygen atoms in total. The maximum atomic E-state index is 13.7. The molecule has 0 saturated carbocycles. The number of hydrogen-bond donors (Lipinski definition) is 2. The van der Waals surface area contributed by atoms with Crippen LogP contribution in [0, 0.1) is 39.3 Å². The van der Waals surface area contributed by atoms with Gasteiger partial charge in [0.25, 0.3) is 11.8 Å². The molecule has 0 unspecified atom stereocenters. The number of rotatable bonds is 9. The molecule has 2 N–H and O–H groups in total. The highest BCUT2D eigenvalue weighted by Crippen LogP contribution is 2.38. The lowest BCUT2D eigenvalue weighted by atomic mass is 9.89. The average molecular weight is 1290 g/mol. The number of nitrogens with zero attached hydrogens (tertiary/aromatic N) is 6. The number of anilines is 2. The SMILES string of the molecule is C=CS(=O)(=O)N1CCC2(CC1)N=C(c1ccc(F)c(C(F)(F)F)c1)NC2=O.Cc1cc(N2C(=O)CCC2=O)cc(C)c1/C=C/S(=O)(=O)N1CCC2(CC1)N=C(c1ccc(F)c(C(F)(F)F)c1)NC2=O.Cc1cc(N2C(=O)CCC2=O)cc(C)c1Br. The van der Waals surface area contributed by atoms with Gasteiger partial charge in [-0.3, -0.25) is 48.6 Å². The van der Waals surface area contributed by atoms with Gasteiger partial charge in [-0.25, -0.2) is 25.6 Å². The highest BCUT2D eigenvalue weighted by molar-refractivity contribution is 9.10. The predicted octanol–water partition coefficient (Wildman–Crippen LogP) is 8.57. The summed E-state index contributed by atoms with van der Waals surface area (Å²) in [6.45, 7) is 10.5. The number of carbonyl (C=O) groups excluding carboxylic acids is 6. The van der Waals surface area contributed by atoms with Crippen molar-refractivity contribution >= 4 is 101 Å². The van der Waals surface area contributed by atoms with Crippen LogP contribution in [0.25, 0.3) is 6.08 Å². The molecule has 6 aliphatic rings. The summed E-state index contributed by atoms with van der Waals surface area (Å²) < 4.78 is 159. The predicted molar refractivity (Wildman–Crippen MR) is 299 cm³/mol. The monoisotopic (exact) mass is 1290 g/mol. The number of hydrogen-bond acceptors (Lipinski definition) is 12. The Morgan fingerprint density at radius 1 is 0.553 bits per heavy atom. The van der Waals surface area contributed by atoms with Crippen LogP contribution in [0.2, 0.25) is 0 Å². The Bertz CT molecular complexity index is 3740. The Kier molecular flexibility index (Phi) is 17.9. The van der Waals surface area contributed by atoms with E-state index in [9.17, 15) is 80.7 Å². The van der Waals surface area contributed by atoms with Crippen molar-refractivity contribution in [3.05, 3.63) is 144 Å². The summed E-state index contributed by atoms with van der Waals surface area (Å²) in [6, 6.07) is 11.7. The molecule has 85 heavy (non-hydrogen) atoms. The molecule has 452 valence electrons. The Balaban J connectivity index is 0.000000186. The Morgan fingerprint density at radius 2 is 0.894 bits per heavy atom. The van der Waals surface area contributed by atoms with E-state index in [0.717, 1.165) is 47.8 Å². The van der Waals surface area contributed by atoms with Crippen LogP contribution in [0.5, 0.6) is 0 Å². The van der Waals surface area contributed by atoms with Gasteiger partial charge in [0, 0.05) is 78.3 Å². The third-order valence-electron chi connectivity index (χ3n) is 15.1. The summed E-state index contributed by atoms with van der Waals surface area (Å²) in [5, 5.41) is 6.75. The van der Waals surface area contributed by atoms with Gasteiger partial charge < -0.3 is 10.6 Å². The molecule has 0 bridgehead atoms. The van der Waals surface area contributed by atoms with E-state index < -0.39 is 78.1 Å². The summed E-state index contributed by atoms with van der Waals surface area (Å²) in [6.07, 6.45) is -7.30. The standard InChI is InChI=1S/C28H26F4N4O5S.C16H15F4N3O3S.C12H12BrNO2/c1-16-13-19(36-23(37)5-6-24(36)38)14-17(2)20(16)7-12-42(40,41)35-10-8-27(9-11-35)26(39)33-25(34-27)18-3-4-22(29)21(15-18)28(30,31)32;1-2-27(25,26)23-7-5-15(6-8-23)14(24)21-13(22-15)10-3-4-12(17)11(9-10)16(18,19)20;1-7-5-9(6-8(2)12(7)13)14-10(15)3-4-11(14)16/h3-4,7,12-15H,5-6,8-11H2,1-2H3,(H,33,34,39);2-4,9H,1,5-8H2,(H,21,22,24);5-6H,3-4H2,1-2H3/b12-7+;;. The lowest BCUT2D eigenvalue weighted by molar-refractivity contribution is -0.140. The highest BCUT2D eigenvalue weighted by Gasteiger charge is 2.49. The first-order valence-electron chi connectivity index (χ1n) is 26.1. The second-order valence-corrected chi connectivity index (χ2v) is 25.3. The zero-order valence-corrected chi connectivity index (χ0v) is 48.9. The number of amidine groups is 2. The van der Waals surface area contributed by atoms with Crippen molar-refractivity contribution in [2.24, 2.45) is 9.98 Å². The number of carbonyl (C=O) groups is 6. The fourth-order valence-electron chi connectivity index (χ4n) is 10.5. The lowest BCUT2D eigenvalue weighted by Crippen LogP contribution is -2.50. The molecule has 2 spiro atoms. The second kappa shape index (κ2) is 23.8. The number of alkyl halides is 6. The Morgan fingerprint density at radius 3 is 1.24 bits per heavy atom. The number of piperidine rings is 2. The van der Waals surface area contributed by atoms with Crippen molar-refractivity contribution in [1.82, 2.24) is 19.2 Å². The summed E-state index contributed by atoms with van der Waals surface area (Å²) >= 11 is 3.46. The van der Waals surface area contributed by atoms with E-state index in [4.69, 9.17) is 0 Å². The zero-order valence-electron chi connectivity index (χ0n) is 45.7. The van der Waals surface area contributed by atoms with Crippen LogP contribution in [-0.2, 0) is 61.2 Å². The maximum absolute atomic E-state index is 13.7. The average Bonchev–Trinajstić information content (AvgIpc) is 2.04. The third-order valence-corrected chi connectivity index (χ3v) is 19.4. The normalized spacial score (nSPS) is 19.3. The fraction of sp³-hybridized carbons (Fsp3) is 0.357. The van der Waals surface area contributed by atoms with E-state index in [-0.39, 0.29) is 111 Å². The van der Waals surface area contributed by atoms with Crippen molar-refractivity contribution in [3.63, 3.8) is 0 Å². The van der Waals surface area contributed by atoms with Crippen molar-refractivity contribution in [2.45, 2.75) is 102 Å². The smallest absolute Gasteiger partial charge is 0.308 e. The Hall–Kier alpha value is -7.34. The van der Waals surface area contributed by atoms with Crippen molar-refractivity contribution < 1.29 is 80.7 Å².